The van der Waals surface area contributed by atoms with Crippen molar-refractivity contribution in [2.45, 2.75) is 0 Å². The van der Waals surface area contributed by atoms with Gasteiger partial charge >= 0.3 is 0 Å². The predicted molar refractivity (Wildman–Crippen MR) is 245 cm³/mol. The first-order valence-electron chi connectivity index (χ1n) is 19.8. The van der Waals surface area contributed by atoms with Gasteiger partial charge in [-0.2, -0.15) is 0 Å². The fourth-order valence-electron chi connectivity index (χ4n) is 8.58. The van der Waals surface area contributed by atoms with Gasteiger partial charge in [0.05, 0.1) is 0 Å². The molecular formula is C56H37NO. The molecule has 11 aromatic rings. The number of furan rings is 1. The number of anilines is 3. The summed E-state index contributed by atoms with van der Waals surface area (Å²) < 4.78 is 6.77. The lowest BCUT2D eigenvalue weighted by molar-refractivity contribution is 0.671. The number of hydrogen-bond acceptors (Lipinski definition) is 2. The van der Waals surface area contributed by atoms with Gasteiger partial charge in [0.15, 0.2) is 0 Å². The molecule has 1 heterocycles. The Bertz CT molecular complexity index is 3250. The first-order chi connectivity index (χ1) is 28.7. The van der Waals surface area contributed by atoms with Crippen molar-refractivity contribution in [3.63, 3.8) is 0 Å². The molecular weight excluding hydrogens is 703 g/mol. The van der Waals surface area contributed by atoms with Crippen molar-refractivity contribution in [2.24, 2.45) is 0 Å². The summed E-state index contributed by atoms with van der Waals surface area (Å²) in [5, 5.41) is 7.24. The molecule has 0 fully saturated rings. The molecule has 0 amide bonds. The van der Waals surface area contributed by atoms with E-state index >= 15 is 0 Å². The second-order valence-corrected chi connectivity index (χ2v) is 14.9. The summed E-state index contributed by atoms with van der Waals surface area (Å²) in [6, 6.07) is 80.5. The van der Waals surface area contributed by atoms with Crippen LogP contribution >= 0.6 is 0 Å². The average molecular weight is 740 g/mol. The van der Waals surface area contributed by atoms with Gasteiger partial charge in [-0.1, -0.05) is 182 Å². The molecule has 0 unspecified atom stereocenters. The van der Waals surface area contributed by atoms with Crippen molar-refractivity contribution >= 4 is 60.5 Å². The second-order valence-electron chi connectivity index (χ2n) is 14.9. The van der Waals surface area contributed by atoms with E-state index in [1.165, 1.54) is 32.7 Å². The van der Waals surface area contributed by atoms with Gasteiger partial charge in [-0.25, -0.2) is 0 Å². The van der Waals surface area contributed by atoms with Crippen LogP contribution in [0.1, 0.15) is 0 Å². The van der Waals surface area contributed by atoms with Crippen molar-refractivity contribution in [1.29, 1.82) is 0 Å². The van der Waals surface area contributed by atoms with Gasteiger partial charge in [0, 0.05) is 39.0 Å². The molecule has 0 saturated heterocycles. The lowest BCUT2D eigenvalue weighted by atomic mass is 9.97. The van der Waals surface area contributed by atoms with Crippen LogP contribution in [0.25, 0.3) is 88.0 Å². The largest absolute Gasteiger partial charge is 0.455 e. The molecule has 0 bridgehead atoms. The molecule has 272 valence electrons. The maximum absolute atomic E-state index is 6.77. The quantitative estimate of drug-likeness (QED) is 0.151. The molecule has 0 aliphatic heterocycles. The van der Waals surface area contributed by atoms with E-state index in [1.807, 2.05) is 6.07 Å². The Morgan fingerprint density at radius 1 is 0.259 bits per heavy atom. The Kier molecular flexibility index (Phi) is 8.19. The zero-order chi connectivity index (χ0) is 38.4. The monoisotopic (exact) mass is 739 g/mol. The molecule has 0 N–H and O–H groups in total. The summed E-state index contributed by atoms with van der Waals surface area (Å²) >= 11 is 0. The maximum Gasteiger partial charge on any atom is 0.143 e. The van der Waals surface area contributed by atoms with Crippen LogP contribution in [-0.2, 0) is 0 Å². The first-order valence-corrected chi connectivity index (χ1v) is 19.8. The zero-order valence-electron chi connectivity index (χ0n) is 31.7. The van der Waals surface area contributed by atoms with Crippen molar-refractivity contribution < 1.29 is 4.42 Å². The number of hydrogen-bond donors (Lipinski definition) is 0. The summed E-state index contributed by atoms with van der Waals surface area (Å²) in [6.07, 6.45) is 0. The van der Waals surface area contributed by atoms with E-state index in [0.717, 1.165) is 72.4 Å². The maximum atomic E-state index is 6.77. The fraction of sp³-hybridized carbons (Fsp3) is 0. The van der Waals surface area contributed by atoms with Gasteiger partial charge in [-0.05, 0) is 97.4 Å². The van der Waals surface area contributed by atoms with Crippen LogP contribution in [0.4, 0.5) is 17.1 Å². The van der Waals surface area contributed by atoms with Gasteiger partial charge in [-0.15, -0.1) is 0 Å². The molecule has 0 spiro atoms. The van der Waals surface area contributed by atoms with E-state index in [9.17, 15) is 0 Å². The van der Waals surface area contributed by atoms with Gasteiger partial charge < -0.3 is 9.32 Å². The third-order valence-corrected chi connectivity index (χ3v) is 11.5. The summed E-state index contributed by atoms with van der Waals surface area (Å²) in [5.41, 5.74) is 14.3. The van der Waals surface area contributed by atoms with E-state index < -0.39 is 0 Å². The highest BCUT2D eigenvalue weighted by Crippen LogP contribution is 2.42. The van der Waals surface area contributed by atoms with Crippen LogP contribution in [0.15, 0.2) is 229 Å². The van der Waals surface area contributed by atoms with Crippen LogP contribution in [0.5, 0.6) is 0 Å². The standard InChI is InChI=1S/C56H37NO/c1-3-12-38(13-4-1)39-26-30-46(31-27-39)57(48-34-35-50-45(37-48)25-24-42-16-7-8-19-49(42)50)47-32-28-40(29-33-47)43-17-9-18-44(36-43)52-21-11-23-54-53-22-10-20-51(55(53)58-56(52)54)41-14-5-2-6-15-41/h1-37H. The van der Waals surface area contributed by atoms with E-state index in [0.29, 0.717) is 0 Å². The summed E-state index contributed by atoms with van der Waals surface area (Å²) in [5.74, 6) is 0. The van der Waals surface area contributed by atoms with Crippen LogP contribution in [0, 0.1) is 0 Å². The van der Waals surface area contributed by atoms with Crippen molar-refractivity contribution in [3.05, 3.63) is 224 Å². The van der Waals surface area contributed by atoms with Crippen LogP contribution in [-0.4, -0.2) is 0 Å². The lowest BCUT2D eigenvalue weighted by Gasteiger charge is -2.26. The number of fused-ring (bicyclic) bond motifs is 6. The molecule has 11 rings (SSSR count). The molecule has 0 radical (unpaired) electrons. The highest BCUT2D eigenvalue weighted by molar-refractivity contribution is 6.13. The molecule has 58 heavy (non-hydrogen) atoms. The van der Waals surface area contributed by atoms with Gasteiger partial charge in [0.25, 0.3) is 0 Å². The van der Waals surface area contributed by atoms with Crippen LogP contribution in [0.3, 0.4) is 0 Å². The normalized spacial score (nSPS) is 11.4. The second kappa shape index (κ2) is 14.1. The smallest absolute Gasteiger partial charge is 0.143 e. The Morgan fingerprint density at radius 3 is 1.41 bits per heavy atom. The highest BCUT2D eigenvalue weighted by Gasteiger charge is 2.17. The molecule has 0 aliphatic carbocycles. The minimum absolute atomic E-state index is 0.908. The molecule has 2 heteroatoms. The number of rotatable bonds is 7. The van der Waals surface area contributed by atoms with E-state index in [1.54, 1.807) is 0 Å². The highest BCUT2D eigenvalue weighted by atomic mass is 16.3. The van der Waals surface area contributed by atoms with Gasteiger partial charge in [-0.3, -0.25) is 0 Å². The predicted octanol–water partition coefficient (Wildman–Crippen LogP) is 16.0. The van der Waals surface area contributed by atoms with Crippen molar-refractivity contribution in [1.82, 2.24) is 0 Å². The first kappa shape index (κ1) is 33.6. The molecule has 0 saturated carbocycles. The summed E-state index contributed by atoms with van der Waals surface area (Å²) in [7, 11) is 0. The van der Waals surface area contributed by atoms with Crippen molar-refractivity contribution in [2.75, 3.05) is 4.90 Å². The topological polar surface area (TPSA) is 16.4 Å². The SMILES string of the molecule is c1ccc(-c2ccc(N(c3ccc(-c4cccc(-c5cccc6c5oc5c(-c7ccccc7)cccc56)c4)cc3)c3ccc4c(ccc5ccccc54)c3)cc2)cc1. The van der Waals surface area contributed by atoms with Crippen molar-refractivity contribution in [3.8, 4) is 44.5 Å². The van der Waals surface area contributed by atoms with Crippen LogP contribution < -0.4 is 4.90 Å². The van der Waals surface area contributed by atoms with Crippen LogP contribution in [0.2, 0.25) is 0 Å². The number of para-hydroxylation sites is 2. The fourth-order valence-corrected chi connectivity index (χ4v) is 8.58. The summed E-state index contributed by atoms with van der Waals surface area (Å²) in [4.78, 5) is 2.36. The number of nitrogens with zero attached hydrogens (tertiary/aromatic N) is 1. The molecule has 0 atom stereocenters. The Morgan fingerprint density at radius 2 is 0.724 bits per heavy atom. The Hall–Kier alpha value is -7.68. The van der Waals surface area contributed by atoms with E-state index in [2.05, 4.69) is 223 Å². The average Bonchev–Trinajstić information content (AvgIpc) is 3.69. The zero-order valence-corrected chi connectivity index (χ0v) is 31.7. The molecule has 10 aromatic carbocycles. The molecule has 2 nitrogen and oxygen atoms in total. The third-order valence-electron chi connectivity index (χ3n) is 11.5. The van der Waals surface area contributed by atoms with Gasteiger partial charge in [0.2, 0.25) is 0 Å². The summed E-state index contributed by atoms with van der Waals surface area (Å²) in [6.45, 7) is 0. The van der Waals surface area contributed by atoms with E-state index in [4.69, 9.17) is 4.42 Å². The van der Waals surface area contributed by atoms with Gasteiger partial charge in [0.1, 0.15) is 11.2 Å². The molecule has 1 aromatic heterocycles. The minimum Gasteiger partial charge on any atom is -0.455 e. The Labute approximate surface area is 337 Å². The van der Waals surface area contributed by atoms with E-state index in [-0.39, 0.29) is 0 Å². The lowest BCUT2D eigenvalue weighted by Crippen LogP contribution is -2.09. The minimum atomic E-state index is 0.908. The number of benzene rings is 10. The Balaban J connectivity index is 0.975. The molecule has 0 aliphatic rings. The third kappa shape index (κ3) is 5.91.